The topological polar surface area (TPSA) is 150 Å². The molecule has 13 nitrogen and oxygen atoms in total. The van der Waals surface area contributed by atoms with Crippen molar-refractivity contribution < 1.29 is 38.5 Å². The lowest BCUT2D eigenvalue weighted by Gasteiger charge is -2.41. The number of hydrogen-bond acceptors (Lipinski definition) is 9. The molecule has 0 spiro atoms. The lowest BCUT2D eigenvalue weighted by molar-refractivity contribution is -0.148. The van der Waals surface area contributed by atoms with Gasteiger partial charge in [0.05, 0.1) is 55.9 Å². The maximum absolute atomic E-state index is 14.2. The van der Waals surface area contributed by atoms with Gasteiger partial charge >= 0.3 is 0 Å². The molecule has 1 aliphatic heterocycles. The van der Waals surface area contributed by atoms with Crippen LogP contribution < -0.4 is 15.4 Å². The van der Waals surface area contributed by atoms with Gasteiger partial charge < -0.3 is 39.8 Å². The van der Waals surface area contributed by atoms with Crippen molar-refractivity contribution in [1.29, 1.82) is 0 Å². The molecule has 0 radical (unpaired) electrons. The minimum Gasteiger partial charge on any atom is -0.497 e. The lowest BCUT2D eigenvalue weighted by atomic mass is 9.89. The summed E-state index contributed by atoms with van der Waals surface area (Å²) >= 11 is 0. The Balaban J connectivity index is 2.27. The van der Waals surface area contributed by atoms with E-state index in [-0.39, 0.29) is 66.8 Å². The fourth-order valence-corrected chi connectivity index (χ4v) is 7.95. The monoisotopic (exact) mass is 762 g/mol. The van der Waals surface area contributed by atoms with Crippen LogP contribution in [0, 0.1) is 23.7 Å². The smallest absolute Gasteiger partial charge is 0.245 e. The van der Waals surface area contributed by atoms with E-state index in [9.17, 15) is 24.3 Å². The van der Waals surface area contributed by atoms with E-state index in [1.807, 2.05) is 91.7 Å². The molecule has 1 saturated heterocycles. The quantitative estimate of drug-likeness (QED) is 0.172. The molecule has 54 heavy (non-hydrogen) atoms. The highest BCUT2D eigenvalue weighted by Gasteiger charge is 2.45. The van der Waals surface area contributed by atoms with Crippen molar-refractivity contribution in [3.05, 3.63) is 29.8 Å². The summed E-state index contributed by atoms with van der Waals surface area (Å²) in [5.74, 6) is -1.02. The average Bonchev–Trinajstić information content (AvgIpc) is 3.50. The zero-order chi connectivity index (χ0) is 41.0. The second-order valence-corrected chi connectivity index (χ2v) is 16.1. The zero-order valence-corrected chi connectivity index (χ0v) is 35.4. The predicted molar refractivity (Wildman–Crippen MR) is 211 cm³/mol. The number of likely N-dealkylation sites (N-methyl/N-ethyl adjacent to an activating group) is 2. The second kappa shape index (κ2) is 21.7. The number of methoxy groups -OCH3 is 3. The molecule has 13 heteroatoms. The summed E-state index contributed by atoms with van der Waals surface area (Å²) in [5, 5.41) is 16.9. The normalized spacial score (nSPS) is 20.5. The number of aliphatic hydroxyl groups is 1. The minimum absolute atomic E-state index is 0.0362. The molecule has 1 aromatic rings. The SMILES string of the molecule is CC[C@H](C)C([C@@H](CC(=O)N1C[C@@H](O)C[C@H]1[C@H](OC)[C@@H](C)C(=O)N[C@H](C)Cc1ccc(OC)cc1)OC)N(C)C(=O)[C@@H](NC(=O)[C@H](C(C)C)N(C)C)C(C)C. The Bertz CT molecular complexity index is 1330. The van der Waals surface area contributed by atoms with Crippen LogP contribution in [-0.2, 0) is 35.1 Å². The van der Waals surface area contributed by atoms with Gasteiger partial charge in [-0.3, -0.25) is 24.1 Å². The third-order valence-electron chi connectivity index (χ3n) is 11.1. The molecule has 0 bridgehead atoms. The molecule has 1 fully saturated rings. The summed E-state index contributed by atoms with van der Waals surface area (Å²) < 4.78 is 17.1. The van der Waals surface area contributed by atoms with Gasteiger partial charge in [0, 0.05) is 33.9 Å². The van der Waals surface area contributed by atoms with Crippen molar-refractivity contribution in [2.24, 2.45) is 23.7 Å². The molecular formula is C41H71N5O8. The third kappa shape index (κ3) is 12.4. The lowest BCUT2D eigenvalue weighted by Crippen LogP contribution is -2.59. The molecule has 4 amide bonds. The van der Waals surface area contributed by atoms with Crippen LogP contribution in [-0.4, -0.2) is 141 Å². The van der Waals surface area contributed by atoms with Crippen LogP contribution in [0.4, 0.5) is 0 Å². The summed E-state index contributed by atoms with van der Waals surface area (Å²) in [5.41, 5.74) is 1.06. The van der Waals surface area contributed by atoms with Crippen LogP contribution >= 0.6 is 0 Å². The largest absolute Gasteiger partial charge is 0.497 e. The predicted octanol–water partition coefficient (Wildman–Crippen LogP) is 3.36. The van der Waals surface area contributed by atoms with Gasteiger partial charge in [0.1, 0.15) is 11.8 Å². The molecule has 3 N–H and O–H groups in total. The van der Waals surface area contributed by atoms with Gasteiger partial charge in [-0.05, 0) is 69.3 Å². The number of aliphatic hydroxyl groups excluding tert-OH is 1. The van der Waals surface area contributed by atoms with Crippen LogP contribution in [0.2, 0.25) is 0 Å². The number of ether oxygens (including phenoxy) is 3. The number of amides is 4. The third-order valence-corrected chi connectivity index (χ3v) is 11.1. The first-order chi connectivity index (χ1) is 25.3. The number of rotatable bonds is 21. The van der Waals surface area contributed by atoms with Gasteiger partial charge in [-0.1, -0.05) is 67.0 Å². The fourth-order valence-electron chi connectivity index (χ4n) is 7.95. The molecule has 0 aliphatic carbocycles. The first-order valence-electron chi connectivity index (χ1n) is 19.5. The highest BCUT2D eigenvalue weighted by Crippen LogP contribution is 2.30. The van der Waals surface area contributed by atoms with Crippen LogP contribution in [0.15, 0.2) is 24.3 Å². The Morgan fingerprint density at radius 2 is 1.50 bits per heavy atom. The van der Waals surface area contributed by atoms with Crippen LogP contribution in [0.25, 0.3) is 0 Å². The van der Waals surface area contributed by atoms with E-state index in [0.717, 1.165) is 11.3 Å². The standard InChI is InChI=1S/C41H71N5O8/c1-15-26(6)37(45(11)41(51)35(24(2)3)43-40(50)36(25(4)5)44(9)10)33(53-13)22-34(48)46-23-30(47)21-32(46)38(54-14)28(8)39(49)42-27(7)20-29-16-18-31(52-12)19-17-29/h16-19,24-28,30,32-33,35-38,47H,15,20-23H2,1-14H3,(H,42,49)(H,43,50)/t26-,27+,28+,30-,32-,33+,35-,36-,37?,38+/m0/s1. The maximum atomic E-state index is 14.2. The molecule has 0 saturated carbocycles. The molecule has 10 atom stereocenters. The molecule has 1 aromatic carbocycles. The first-order valence-corrected chi connectivity index (χ1v) is 19.5. The first kappa shape index (κ1) is 46.9. The molecule has 1 unspecified atom stereocenters. The molecular weight excluding hydrogens is 690 g/mol. The summed E-state index contributed by atoms with van der Waals surface area (Å²) in [4.78, 5) is 60.5. The van der Waals surface area contributed by atoms with Crippen molar-refractivity contribution in [2.75, 3.05) is 49.0 Å². The Labute approximate surface area is 324 Å². The number of benzene rings is 1. The highest BCUT2D eigenvalue weighted by atomic mass is 16.5. The van der Waals surface area contributed by atoms with E-state index in [1.165, 1.54) is 14.2 Å². The van der Waals surface area contributed by atoms with Crippen molar-refractivity contribution >= 4 is 23.6 Å². The van der Waals surface area contributed by atoms with E-state index < -0.39 is 48.4 Å². The van der Waals surface area contributed by atoms with E-state index in [4.69, 9.17) is 14.2 Å². The Morgan fingerprint density at radius 3 is 1.98 bits per heavy atom. The highest BCUT2D eigenvalue weighted by molar-refractivity contribution is 5.90. The second-order valence-electron chi connectivity index (χ2n) is 16.1. The maximum Gasteiger partial charge on any atom is 0.245 e. The molecule has 1 heterocycles. The number of carbonyl (C=O) groups is 4. The molecule has 0 aromatic heterocycles. The van der Waals surface area contributed by atoms with E-state index >= 15 is 0 Å². The Kier molecular flexibility index (Phi) is 18.9. The van der Waals surface area contributed by atoms with Crippen LogP contribution in [0.1, 0.15) is 80.2 Å². The average molecular weight is 762 g/mol. The van der Waals surface area contributed by atoms with E-state index in [2.05, 4.69) is 10.6 Å². The number of likely N-dealkylation sites (tertiary alicyclic amines) is 1. The number of β-amino-alcohol motifs (C(OH)–C–C–N with tert-alkyl or cyclic N) is 1. The van der Waals surface area contributed by atoms with Crippen LogP contribution in [0.5, 0.6) is 5.75 Å². The summed E-state index contributed by atoms with van der Waals surface area (Å²) in [6, 6.07) is 5.30. The van der Waals surface area contributed by atoms with Gasteiger partial charge in [0.15, 0.2) is 0 Å². The Morgan fingerprint density at radius 1 is 0.889 bits per heavy atom. The van der Waals surface area contributed by atoms with Gasteiger partial charge in [-0.15, -0.1) is 0 Å². The molecule has 1 aliphatic rings. The van der Waals surface area contributed by atoms with Gasteiger partial charge in [0.25, 0.3) is 0 Å². The summed E-state index contributed by atoms with van der Waals surface area (Å²) in [6.45, 7) is 15.6. The van der Waals surface area contributed by atoms with Crippen molar-refractivity contribution in [3.63, 3.8) is 0 Å². The van der Waals surface area contributed by atoms with E-state index in [0.29, 0.717) is 12.8 Å². The zero-order valence-electron chi connectivity index (χ0n) is 35.4. The summed E-state index contributed by atoms with van der Waals surface area (Å²) in [6.07, 6.45) is -0.616. The van der Waals surface area contributed by atoms with Gasteiger partial charge in [-0.25, -0.2) is 0 Å². The number of nitrogens with one attached hydrogen (secondary N) is 2. The number of carbonyl (C=O) groups excluding carboxylic acids is 4. The van der Waals surface area contributed by atoms with Gasteiger partial charge in [-0.2, -0.15) is 0 Å². The Hall–Kier alpha value is -3.26. The number of hydrogen-bond donors (Lipinski definition) is 3. The van der Waals surface area contributed by atoms with Gasteiger partial charge in [0.2, 0.25) is 23.6 Å². The van der Waals surface area contributed by atoms with Crippen molar-refractivity contribution in [2.45, 2.75) is 130 Å². The summed E-state index contributed by atoms with van der Waals surface area (Å²) in [7, 11) is 10.1. The molecule has 2 rings (SSSR count). The van der Waals surface area contributed by atoms with Crippen molar-refractivity contribution in [3.8, 4) is 5.75 Å². The number of nitrogens with zero attached hydrogens (tertiary/aromatic N) is 3. The fraction of sp³-hybridized carbons (Fsp3) is 0.756. The van der Waals surface area contributed by atoms with Crippen molar-refractivity contribution in [1.82, 2.24) is 25.3 Å². The molecule has 308 valence electrons. The minimum atomic E-state index is -0.788. The van der Waals surface area contributed by atoms with E-state index in [1.54, 1.807) is 30.9 Å². The van der Waals surface area contributed by atoms with Crippen LogP contribution in [0.3, 0.4) is 0 Å².